The van der Waals surface area contributed by atoms with Gasteiger partial charge in [0.1, 0.15) is 0 Å². The number of aliphatic imine (C=N–C) groups is 1. The molecule has 1 unspecified atom stereocenters. The molecule has 5 nitrogen and oxygen atoms in total. The van der Waals surface area contributed by atoms with Gasteiger partial charge < -0.3 is 10.4 Å². The number of nitrogens with zero attached hydrogens (tertiary/aromatic N) is 1. The van der Waals surface area contributed by atoms with E-state index in [2.05, 4.69) is 10.3 Å². The van der Waals surface area contributed by atoms with Crippen LogP contribution >= 0.6 is 0 Å². The van der Waals surface area contributed by atoms with Gasteiger partial charge >= 0.3 is 12.0 Å². The lowest BCUT2D eigenvalue weighted by molar-refractivity contribution is -0.133. The fraction of sp³-hybridized carbons (Fsp3) is 0.125. The van der Waals surface area contributed by atoms with Gasteiger partial charge in [0.05, 0.1) is 17.0 Å². The van der Waals surface area contributed by atoms with Gasteiger partial charge in [0, 0.05) is 0 Å². The van der Waals surface area contributed by atoms with Crippen molar-refractivity contribution in [1.29, 1.82) is 0 Å². The highest BCUT2D eigenvalue weighted by Crippen LogP contribution is 2.20. The van der Waals surface area contributed by atoms with Gasteiger partial charge in [0.2, 0.25) is 0 Å². The first kappa shape index (κ1) is 8.61. The van der Waals surface area contributed by atoms with Crippen LogP contribution in [0.1, 0.15) is 0 Å². The van der Waals surface area contributed by atoms with Crippen molar-refractivity contribution >= 4 is 17.7 Å². The maximum atomic E-state index is 13.1. The third-order valence-electron chi connectivity index (χ3n) is 1.89. The quantitative estimate of drug-likeness (QED) is 0.637. The lowest BCUT2D eigenvalue weighted by Crippen LogP contribution is -2.23. The second-order valence-corrected chi connectivity index (χ2v) is 2.81. The second kappa shape index (κ2) is 2.76. The summed E-state index contributed by atoms with van der Waals surface area (Å²) in [6.45, 7) is 0. The van der Waals surface area contributed by atoms with E-state index in [-0.39, 0.29) is 11.4 Å². The number of rotatable bonds is 1. The minimum Gasteiger partial charge on any atom is -0.478 e. The molecule has 0 fully saturated rings. The van der Waals surface area contributed by atoms with Crippen molar-refractivity contribution < 1.29 is 19.1 Å². The third-order valence-corrected chi connectivity index (χ3v) is 1.89. The molecule has 0 radical (unpaired) electrons. The number of carboxylic acids is 1. The standard InChI is InChI=1S/C8H5FN2O3/c9-4-2-6-5(10-8(14)11-6)1-3(4)7(12)13/h1-2,4H,(H,11,14)(H,12,13). The number of carbonyl (C=O) groups is 2. The average Bonchev–Trinajstić information content (AvgIpc) is 2.42. The highest BCUT2D eigenvalue weighted by Gasteiger charge is 2.29. The Morgan fingerprint density at radius 3 is 3.00 bits per heavy atom. The van der Waals surface area contributed by atoms with E-state index < -0.39 is 23.7 Å². The van der Waals surface area contributed by atoms with E-state index in [1.165, 1.54) is 0 Å². The van der Waals surface area contributed by atoms with Crippen LogP contribution in [0.3, 0.4) is 0 Å². The van der Waals surface area contributed by atoms with Gasteiger partial charge in [-0.25, -0.2) is 14.0 Å². The van der Waals surface area contributed by atoms with E-state index >= 15 is 0 Å². The van der Waals surface area contributed by atoms with Crippen molar-refractivity contribution in [2.45, 2.75) is 6.17 Å². The van der Waals surface area contributed by atoms with Crippen LogP contribution in [0.15, 0.2) is 28.4 Å². The summed E-state index contributed by atoms with van der Waals surface area (Å²) in [4.78, 5) is 24.8. The molecule has 1 aliphatic carbocycles. The van der Waals surface area contributed by atoms with Crippen molar-refractivity contribution in [3.8, 4) is 0 Å². The smallest absolute Gasteiger partial charge is 0.346 e. The monoisotopic (exact) mass is 196 g/mol. The molecule has 2 N–H and O–H groups in total. The van der Waals surface area contributed by atoms with Gasteiger partial charge in [-0.2, -0.15) is 4.99 Å². The normalized spacial score (nSPS) is 24.5. The molecule has 1 heterocycles. The highest BCUT2D eigenvalue weighted by molar-refractivity contribution is 6.21. The predicted octanol–water partition coefficient (Wildman–Crippen LogP) is 0.397. The van der Waals surface area contributed by atoms with Crippen LogP contribution in [0.2, 0.25) is 0 Å². The van der Waals surface area contributed by atoms with Gasteiger partial charge in [-0.1, -0.05) is 0 Å². The maximum absolute atomic E-state index is 13.1. The maximum Gasteiger partial charge on any atom is 0.346 e. The van der Waals surface area contributed by atoms with Gasteiger partial charge in [-0.15, -0.1) is 0 Å². The average molecular weight is 196 g/mol. The zero-order valence-electron chi connectivity index (χ0n) is 6.82. The largest absolute Gasteiger partial charge is 0.478 e. The van der Waals surface area contributed by atoms with Gasteiger partial charge in [0.25, 0.3) is 0 Å². The molecule has 6 heteroatoms. The van der Waals surface area contributed by atoms with E-state index in [4.69, 9.17) is 5.11 Å². The number of aliphatic carboxylic acids is 1. The van der Waals surface area contributed by atoms with E-state index in [1.807, 2.05) is 0 Å². The summed E-state index contributed by atoms with van der Waals surface area (Å²) in [6, 6.07) is -0.610. The van der Waals surface area contributed by atoms with Crippen molar-refractivity contribution in [3.05, 3.63) is 23.4 Å². The molecule has 0 aromatic heterocycles. The summed E-state index contributed by atoms with van der Waals surface area (Å²) in [5, 5.41) is 10.9. The number of halogens is 1. The minimum absolute atomic E-state index is 0.168. The van der Waals surface area contributed by atoms with Gasteiger partial charge in [-0.3, -0.25) is 0 Å². The Bertz CT molecular complexity index is 422. The fourth-order valence-electron chi connectivity index (χ4n) is 1.26. The number of fused-ring (bicyclic) bond motifs is 1. The molecule has 2 amide bonds. The van der Waals surface area contributed by atoms with Crippen molar-refractivity contribution in [1.82, 2.24) is 5.32 Å². The molecule has 2 rings (SSSR count). The first-order chi connectivity index (χ1) is 6.58. The molecule has 2 aliphatic rings. The number of alkyl halides is 1. The molecule has 1 atom stereocenters. The number of urea groups is 1. The van der Waals surface area contributed by atoms with E-state index in [0.29, 0.717) is 0 Å². The molecule has 0 saturated heterocycles. The van der Waals surface area contributed by atoms with Crippen LogP contribution in [-0.2, 0) is 4.79 Å². The molecule has 0 aromatic carbocycles. The Labute approximate surface area is 77.6 Å². The summed E-state index contributed by atoms with van der Waals surface area (Å²) in [6.07, 6.45) is 0.368. The third kappa shape index (κ3) is 1.20. The Balaban J connectivity index is 2.43. The zero-order valence-corrected chi connectivity index (χ0v) is 6.82. The van der Waals surface area contributed by atoms with E-state index in [0.717, 1.165) is 12.2 Å². The molecule has 14 heavy (non-hydrogen) atoms. The lowest BCUT2D eigenvalue weighted by atomic mass is 10.0. The zero-order chi connectivity index (χ0) is 10.3. The highest BCUT2D eigenvalue weighted by atomic mass is 19.1. The molecule has 0 bridgehead atoms. The summed E-state index contributed by atoms with van der Waals surface area (Å²) in [7, 11) is 0. The van der Waals surface area contributed by atoms with Crippen molar-refractivity contribution in [2.24, 2.45) is 4.99 Å². The van der Waals surface area contributed by atoms with Crippen molar-refractivity contribution in [3.63, 3.8) is 0 Å². The predicted molar refractivity (Wildman–Crippen MR) is 44.7 cm³/mol. The first-order valence-electron chi connectivity index (χ1n) is 3.79. The molecular weight excluding hydrogens is 191 g/mol. The Morgan fingerprint density at radius 2 is 2.36 bits per heavy atom. The Kier molecular flexibility index (Phi) is 1.70. The molecule has 0 aromatic rings. The van der Waals surface area contributed by atoms with Crippen LogP contribution in [-0.4, -0.2) is 29.0 Å². The number of hydrogen-bond acceptors (Lipinski definition) is 2. The molecule has 0 spiro atoms. The molecule has 72 valence electrons. The molecule has 1 aliphatic heterocycles. The number of allylic oxidation sites excluding steroid dienone is 2. The van der Waals surface area contributed by atoms with Crippen molar-refractivity contribution in [2.75, 3.05) is 0 Å². The second-order valence-electron chi connectivity index (χ2n) is 2.81. The summed E-state index contributed by atoms with van der Waals surface area (Å²) < 4.78 is 13.1. The van der Waals surface area contributed by atoms with Crippen LogP contribution in [0.25, 0.3) is 0 Å². The van der Waals surface area contributed by atoms with Crippen LogP contribution in [0, 0.1) is 0 Å². The fourth-order valence-corrected chi connectivity index (χ4v) is 1.26. The van der Waals surface area contributed by atoms with E-state index in [9.17, 15) is 14.0 Å². The Morgan fingerprint density at radius 1 is 1.64 bits per heavy atom. The number of hydrogen-bond donors (Lipinski definition) is 2. The number of amides is 2. The first-order valence-corrected chi connectivity index (χ1v) is 3.79. The van der Waals surface area contributed by atoms with Crippen LogP contribution in [0.5, 0.6) is 0 Å². The summed E-state index contributed by atoms with van der Waals surface area (Å²) >= 11 is 0. The van der Waals surface area contributed by atoms with Crippen LogP contribution < -0.4 is 5.32 Å². The molecular formula is C8H5FN2O3. The number of carboxylic acid groups (broad SMARTS) is 1. The van der Waals surface area contributed by atoms with Gasteiger partial charge in [-0.05, 0) is 12.2 Å². The summed E-state index contributed by atoms with van der Waals surface area (Å²) in [5.74, 6) is -1.35. The van der Waals surface area contributed by atoms with Crippen LogP contribution in [0.4, 0.5) is 9.18 Å². The number of carbonyl (C=O) groups excluding carboxylic acids is 1. The minimum atomic E-state index is -1.71. The molecule has 0 saturated carbocycles. The number of nitrogens with one attached hydrogen (secondary N) is 1. The lowest BCUT2D eigenvalue weighted by Gasteiger charge is -2.11. The summed E-state index contributed by atoms with van der Waals surface area (Å²) in [5.41, 5.74) is -0.0159. The SMILES string of the molecule is O=C1N=C2C=C(C(=O)O)C(F)C=C2N1. The Hall–Kier alpha value is -1.98. The van der Waals surface area contributed by atoms with Gasteiger partial charge in [0.15, 0.2) is 6.17 Å². The van der Waals surface area contributed by atoms with E-state index in [1.54, 1.807) is 0 Å². The topological polar surface area (TPSA) is 78.8 Å².